The van der Waals surface area contributed by atoms with Gasteiger partial charge in [0.1, 0.15) is 11.9 Å². The summed E-state index contributed by atoms with van der Waals surface area (Å²) in [7, 11) is -3.39. The quantitative estimate of drug-likeness (QED) is 0.491. The molecule has 1 atom stereocenters. The van der Waals surface area contributed by atoms with Crippen molar-refractivity contribution in [3.05, 3.63) is 58.6 Å². The Morgan fingerprint density at radius 2 is 1.95 bits per heavy atom. The van der Waals surface area contributed by atoms with Crippen LogP contribution in [0.25, 0.3) is 11.1 Å². The van der Waals surface area contributed by atoms with Crippen molar-refractivity contribution in [3.63, 3.8) is 0 Å². The van der Waals surface area contributed by atoms with Crippen molar-refractivity contribution in [1.29, 1.82) is 5.26 Å². The summed E-state index contributed by atoms with van der Waals surface area (Å²) in [5, 5.41) is 11.3. The van der Waals surface area contributed by atoms with Crippen LogP contribution in [0.1, 0.15) is 66.8 Å². The van der Waals surface area contributed by atoms with Crippen LogP contribution in [-0.4, -0.2) is 49.9 Å². The molecule has 7 nitrogen and oxygen atoms in total. The van der Waals surface area contributed by atoms with E-state index in [1.807, 2.05) is 31.2 Å². The maximum absolute atomic E-state index is 13.0. The molecule has 2 heterocycles. The van der Waals surface area contributed by atoms with E-state index < -0.39 is 9.84 Å². The van der Waals surface area contributed by atoms with E-state index in [-0.39, 0.29) is 17.7 Å². The smallest absolute Gasteiger partial charge is 0.226 e. The number of nitrogens with zero attached hydrogens (tertiary/aromatic N) is 4. The third-order valence-corrected chi connectivity index (χ3v) is 9.71. The van der Waals surface area contributed by atoms with Gasteiger partial charge in [-0.05, 0) is 68.1 Å². The van der Waals surface area contributed by atoms with E-state index in [9.17, 15) is 18.5 Å². The maximum atomic E-state index is 13.0. The van der Waals surface area contributed by atoms with E-state index in [0.717, 1.165) is 78.7 Å². The van der Waals surface area contributed by atoms with Crippen LogP contribution in [0.4, 0.5) is 5.82 Å². The Bertz CT molecular complexity index is 1450. The number of amides is 1. The normalized spacial score (nSPS) is 21.7. The van der Waals surface area contributed by atoms with Gasteiger partial charge in [0.05, 0.1) is 23.1 Å². The summed E-state index contributed by atoms with van der Waals surface area (Å²) in [5.74, 6) is 2.06. The lowest BCUT2D eigenvalue weighted by molar-refractivity contribution is -0.135. The zero-order chi connectivity index (χ0) is 26.6. The fourth-order valence-corrected chi connectivity index (χ4v) is 6.69. The molecule has 4 aliphatic rings. The number of carbonyl (C=O) groups excluding carboxylic acids is 1. The van der Waals surface area contributed by atoms with Crippen molar-refractivity contribution in [3.8, 4) is 17.2 Å². The fraction of sp³-hybridized carbons (Fsp3) is 0.500. The van der Waals surface area contributed by atoms with Crippen molar-refractivity contribution >= 4 is 21.6 Å². The fourth-order valence-electron chi connectivity index (χ4n) is 5.92. The first-order chi connectivity index (χ1) is 18.3. The average Bonchev–Trinajstić information content (AvgIpc) is 3.77. The van der Waals surface area contributed by atoms with E-state index in [1.54, 1.807) is 0 Å². The number of carbonyl (C=O) groups is 1. The molecule has 2 aromatic rings. The zero-order valence-corrected chi connectivity index (χ0v) is 22.7. The van der Waals surface area contributed by atoms with Gasteiger partial charge in [-0.25, -0.2) is 13.4 Å². The van der Waals surface area contributed by atoms with E-state index >= 15 is 0 Å². The van der Waals surface area contributed by atoms with Crippen LogP contribution in [0.3, 0.4) is 0 Å². The van der Waals surface area contributed by atoms with Gasteiger partial charge in [0, 0.05) is 42.4 Å². The minimum Gasteiger partial charge on any atom is -0.352 e. The Hall–Kier alpha value is -3.18. The lowest BCUT2D eigenvalue weighted by atomic mass is 9.92. The molecule has 1 saturated heterocycles. The molecule has 1 aromatic carbocycles. The number of piperazine rings is 1. The second kappa shape index (κ2) is 9.53. The van der Waals surface area contributed by atoms with Crippen LogP contribution in [0, 0.1) is 30.1 Å². The highest BCUT2D eigenvalue weighted by Crippen LogP contribution is 2.47. The number of rotatable bonds is 8. The molecule has 8 heteroatoms. The molecule has 0 bridgehead atoms. The van der Waals surface area contributed by atoms with E-state index in [1.165, 1.54) is 0 Å². The number of benzene rings is 1. The molecule has 38 heavy (non-hydrogen) atoms. The highest BCUT2D eigenvalue weighted by Gasteiger charge is 2.45. The van der Waals surface area contributed by atoms with Crippen molar-refractivity contribution in [2.24, 2.45) is 11.8 Å². The number of hydrogen-bond acceptors (Lipinski definition) is 6. The minimum absolute atomic E-state index is 0.106. The number of pyridine rings is 1. The van der Waals surface area contributed by atoms with Gasteiger partial charge in [-0.3, -0.25) is 4.79 Å². The van der Waals surface area contributed by atoms with Gasteiger partial charge < -0.3 is 9.80 Å². The summed E-state index contributed by atoms with van der Waals surface area (Å²) in [6.07, 6.45) is 6.47. The predicted molar refractivity (Wildman–Crippen MR) is 147 cm³/mol. The highest BCUT2D eigenvalue weighted by molar-refractivity contribution is 7.93. The Labute approximate surface area is 225 Å². The molecule has 4 fully saturated rings. The van der Waals surface area contributed by atoms with Crippen molar-refractivity contribution in [1.82, 2.24) is 9.88 Å². The molecule has 0 radical (unpaired) electrons. The van der Waals surface area contributed by atoms with Gasteiger partial charge in [-0.1, -0.05) is 30.8 Å². The highest BCUT2D eigenvalue weighted by atomic mass is 32.2. The topological polar surface area (TPSA) is 94.4 Å². The Morgan fingerprint density at radius 3 is 2.58 bits per heavy atom. The van der Waals surface area contributed by atoms with Crippen LogP contribution < -0.4 is 4.90 Å². The van der Waals surface area contributed by atoms with Crippen LogP contribution >= 0.6 is 0 Å². The number of sulfone groups is 1. The molecule has 6 rings (SSSR count). The Balaban J connectivity index is 1.37. The van der Waals surface area contributed by atoms with Gasteiger partial charge >= 0.3 is 0 Å². The van der Waals surface area contributed by atoms with Crippen LogP contribution in [0.15, 0.2) is 36.3 Å². The predicted octanol–water partition coefficient (Wildman–Crippen LogP) is 4.70. The first-order valence-electron chi connectivity index (χ1n) is 13.7. The van der Waals surface area contributed by atoms with Crippen molar-refractivity contribution in [2.75, 3.05) is 24.5 Å². The second-order valence-electron chi connectivity index (χ2n) is 11.4. The summed E-state index contributed by atoms with van der Waals surface area (Å²) < 4.78 is 24.3. The minimum atomic E-state index is -3.39. The molecule has 1 aromatic heterocycles. The van der Waals surface area contributed by atoms with E-state index in [4.69, 9.17) is 4.98 Å². The molecule has 3 saturated carbocycles. The molecular formula is C30H34N4O3S. The number of anilines is 1. The lowest BCUT2D eigenvalue weighted by Gasteiger charge is -2.43. The van der Waals surface area contributed by atoms with Gasteiger partial charge in [-0.2, -0.15) is 5.26 Å². The van der Waals surface area contributed by atoms with Crippen LogP contribution in [0.5, 0.6) is 0 Å². The molecule has 0 N–H and O–H groups in total. The van der Waals surface area contributed by atoms with Gasteiger partial charge in [0.25, 0.3) is 0 Å². The molecular weight excluding hydrogens is 496 g/mol. The summed E-state index contributed by atoms with van der Waals surface area (Å²) in [6, 6.07) is 10.2. The van der Waals surface area contributed by atoms with Crippen LogP contribution in [0.2, 0.25) is 0 Å². The first kappa shape index (κ1) is 25.1. The average molecular weight is 531 g/mol. The number of nitriles is 1. The lowest BCUT2D eigenvalue weighted by Crippen LogP contribution is -2.57. The molecule has 198 valence electrons. The number of aromatic nitrogens is 1. The third kappa shape index (κ3) is 4.84. The monoisotopic (exact) mass is 530 g/mol. The standard InChI is InChI=1S/C30H34N4O3S/c1-3-38(36,37)18-20-5-4-6-24(15-20)27-19(2)25(16-31)29(32-28(27)22-9-10-22)33-13-14-34(30(35)23-11-12-23)26(17-33)21-7-8-21/h3-6,15,21-23,26H,1,7-14,17-18H2,2H3/t26-/m0/s1. The zero-order valence-electron chi connectivity index (χ0n) is 21.9. The summed E-state index contributed by atoms with van der Waals surface area (Å²) in [4.78, 5) is 22.6. The molecule has 0 spiro atoms. The molecule has 1 aliphatic heterocycles. The van der Waals surface area contributed by atoms with Gasteiger partial charge in [0.15, 0.2) is 9.84 Å². The van der Waals surface area contributed by atoms with Crippen molar-refractivity contribution in [2.45, 2.75) is 63.2 Å². The third-order valence-electron chi connectivity index (χ3n) is 8.46. The van der Waals surface area contributed by atoms with Crippen LogP contribution in [-0.2, 0) is 20.4 Å². The van der Waals surface area contributed by atoms with Gasteiger partial charge in [0.2, 0.25) is 5.91 Å². The van der Waals surface area contributed by atoms with E-state index in [0.29, 0.717) is 42.0 Å². The molecule has 3 aliphatic carbocycles. The largest absolute Gasteiger partial charge is 0.352 e. The van der Waals surface area contributed by atoms with Gasteiger partial charge in [-0.15, -0.1) is 0 Å². The maximum Gasteiger partial charge on any atom is 0.226 e. The summed E-state index contributed by atoms with van der Waals surface area (Å²) >= 11 is 0. The van der Waals surface area contributed by atoms with E-state index in [2.05, 4.69) is 22.4 Å². The summed E-state index contributed by atoms with van der Waals surface area (Å²) in [5.41, 5.74) is 5.00. The Morgan fingerprint density at radius 1 is 1.18 bits per heavy atom. The SMILES string of the molecule is C=CS(=O)(=O)Cc1cccc(-c2c(C3CC3)nc(N3CCN(C(=O)C4CC4)[C@H](C4CC4)C3)c(C#N)c2C)c1. The molecule has 1 amide bonds. The van der Waals surface area contributed by atoms with Crippen molar-refractivity contribution < 1.29 is 13.2 Å². The number of hydrogen-bond donors (Lipinski definition) is 0. The second-order valence-corrected chi connectivity index (χ2v) is 13.4. The Kier molecular flexibility index (Phi) is 6.30. The summed E-state index contributed by atoms with van der Waals surface area (Å²) in [6.45, 7) is 7.51. The first-order valence-corrected chi connectivity index (χ1v) is 15.5. The molecule has 0 unspecified atom stereocenters.